The van der Waals surface area contributed by atoms with E-state index in [0.717, 1.165) is 37.6 Å². The topological polar surface area (TPSA) is 69.3 Å². The second kappa shape index (κ2) is 8.24. The summed E-state index contributed by atoms with van der Waals surface area (Å²) >= 11 is 0. The van der Waals surface area contributed by atoms with Crippen molar-refractivity contribution in [2.75, 3.05) is 38.2 Å². The average molecular weight is 369 g/mol. The number of tetrazole rings is 1. The van der Waals surface area contributed by atoms with Crippen LogP contribution in [0.3, 0.4) is 0 Å². The Morgan fingerprint density at radius 2 is 1.81 bits per heavy atom. The summed E-state index contributed by atoms with van der Waals surface area (Å²) in [5, 5.41) is 15.4. The summed E-state index contributed by atoms with van der Waals surface area (Å²) in [7, 11) is 0. The smallest absolute Gasteiger partial charge is 0.247 e. The summed E-state index contributed by atoms with van der Waals surface area (Å²) in [5.74, 6) is 0.358. The van der Waals surface area contributed by atoms with Gasteiger partial charge in [0.15, 0.2) is 0 Å². The second-order valence-electron chi connectivity index (χ2n) is 6.51. The van der Waals surface area contributed by atoms with E-state index in [9.17, 15) is 4.39 Å². The molecule has 1 fully saturated rings. The third-order valence-corrected chi connectivity index (χ3v) is 4.83. The molecule has 1 saturated heterocycles. The number of para-hydroxylation sites is 1. The molecular weight excluding hydrogens is 347 g/mol. The number of hydrogen-bond acceptors (Lipinski definition) is 5. The molecule has 1 aliphatic heterocycles. The fourth-order valence-electron chi connectivity index (χ4n) is 3.41. The summed E-state index contributed by atoms with van der Waals surface area (Å²) in [4.78, 5) is 1.40. The third kappa shape index (κ3) is 4.12. The number of nitrogens with one attached hydrogen (secondary N) is 2. The molecule has 2 heterocycles. The van der Waals surface area contributed by atoms with Crippen LogP contribution in [0.15, 0.2) is 54.6 Å². The van der Waals surface area contributed by atoms with Crippen LogP contribution in [0, 0.1) is 5.82 Å². The van der Waals surface area contributed by atoms with Gasteiger partial charge in [0.05, 0.1) is 25.4 Å². The van der Waals surface area contributed by atoms with E-state index in [1.165, 1.54) is 17.0 Å². The fourth-order valence-corrected chi connectivity index (χ4v) is 3.41. The van der Waals surface area contributed by atoms with Gasteiger partial charge in [0.1, 0.15) is 24.9 Å². The highest BCUT2D eigenvalue weighted by Crippen LogP contribution is 2.15. The van der Waals surface area contributed by atoms with E-state index in [1.807, 2.05) is 42.5 Å². The highest BCUT2D eigenvalue weighted by molar-refractivity contribution is 5.38. The normalized spacial score (nSPS) is 16.2. The number of benzene rings is 2. The molecule has 0 spiro atoms. The van der Waals surface area contributed by atoms with E-state index in [4.69, 9.17) is 4.74 Å². The molecule has 0 aliphatic carbocycles. The van der Waals surface area contributed by atoms with Gasteiger partial charge in [-0.05, 0) is 34.7 Å². The predicted octanol–water partition coefficient (Wildman–Crippen LogP) is 0.870. The van der Waals surface area contributed by atoms with Crippen molar-refractivity contribution in [2.45, 2.75) is 6.04 Å². The molecular formula is C19H22FN6O+. The van der Waals surface area contributed by atoms with Crippen LogP contribution in [0.1, 0.15) is 11.6 Å². The summed E-state index contributed by atoms with van der Waals surface area (Å²) in [5.41, 5.74) is 1.97. The molecule has 140 valence electrons. The summed E-state index contributed by atoms with van der Waals surface area (Å²) in [6.07, 6.45) is 0. The molecule has 2 N–H and O–H groups in total. The zero-order chi connectivity index (χ0) is 18.5. The first-order chi connectivity index (χ1) is 13.3. The Labute approximate surface area is 156 Å². The second-order valence-corrected chi connectivity index (χ2v) is 6.51. The van der Waals surface area contributed by atoms with E-state index < -0.39 is 0 Å². The Bertz CT molecular complexity index is 848. The molecule has 27 heavy (non-hydrogen) atoms. The van der Waals surface area contributed by atoms with Gasteiger partial charge in [-0.15, -0.1) is 0 Å². The number of quaternary nitrogens is 1. The van der Waals surface area contributed by atoms with Crippen LogP contribution >= 0.6 is 0 Å². The van der Waals surface area contributed by atoms with Crippen LogP contribution in [-0.2, 0) is 4.74 Å². The molecule has 0 saturated carbocycles. The van der Waals surface area contributed by atoms with Crippen molar-refractivity contribution >= 4 is 5.95 Å². The zero-order valence-corrected chi connectivity index (χ0v) is 14.9. The van der Waals surface area contributed by atoms with Gasteiger partial charge in [0.25, 0.3) is 0 Å². The maximum Gasteiger partial charge on any atom is 0.247 e. The minimum absolute atomic E-state index is 0.149. The number of ether oxygens (including phenoxy) is 1. The van der Waals surface area contributed by atoms with Gasteiger partial charge >= 0.3 is 0 Å². The Balaban J connectivity index is 1.54. The molecule has 0 amide bonds. The van der Waals surface area contributed by atoms with Crippen molar-refractivity contribution in [1.29, 1.82) is 0 Å². The molecule has 4 rings (SSSR count). The maximum absolute atomic E-state index is 13.4. The number of hydrogen-bond donors (Lipinski definition) is 2. The first kappa shape index (κ1) is 17.6. The first-order valence-electron chi connectivity index (χ1n) is 9.07. The molecule has 2 aromatic carbocycles. The minimum Gasteiger partial charge on any atom is -0.370 e. The zero-order valence-electron chi connectivity index (χ0n) is 14.9. The van der Waals surface area contributed by atoms with E-state index in [2.05, 4.69) is 20.8 Å². The van der Waals surface area contributed by atoms with Gasteiger partial charge < -0.3 is 15.0 Å². The van der Waals surface area contributed by atoms with Crippen LogP contribution in [0.4, 0.5) is 10.3 Å². The molecule has 3 aromatic rings. The minimum atomic E-state index is -0.226. The van der Waals surface area contributed by atoms with E-state index in [1.54, 1.807) is 4.68 Å². The van der Waals surface area contributed by atoms with Crippen molar-refractivity contribution in [2.24, 2.45) is 0 Å². The third-order valence-electron chi connectivity index (χ3n) is 4.83. The van der Waals surface area contributed by atoms with Gasteiger partial charge in [-0.1, -0.05) is 35.4 Å². The lowest BCUT2D eigenvalue weighted by Crippen LogP contribution is -3.14. The van der Waals surface area contributed by atoms with Crippen molar-refractivity contribution < 1.29 is 14.0 Å². The predicted molar refractivity (Wildman–Crippen MR) is 98.3 cm³/mol. The number of anilines is 1. The Morgan fingerprint density at radius 1 is 1.07 bits per heavy atom. The lowest BCUT2D eigenvalue weighted by Gasteiger charge is -2.32. The molecule has 1 atom stereocenters. The van der Waals surface area contributed by atoms with Gasteiger partial charge in [0.2, 0.25) is 5.95 Å². The lowest BCUT2D eigenvalue weighted by molar-refractivity contribution is -0.937. The van der Waals surface area contributed by atoms with Crippen LogP contribution in [0.5, 0.6) is 0 Å². The van der Waals surface area contributed by atoms with Crippen LogP contribution in [-0.4, -0.2) is 53.1 Å². The molecule has 0 radical (unpaired) electrons. The highest BCUT2D eigenvalue weighted by Gasteiger charge is 2.27. The van der Waals surface area contributed by atoms with Crippen LogP contribution < -0.4 is 10.2 Å². The summed E-state index contributed by atoms with van der Waals surface area (Å²) in [6.45, 7) is 3.92. The quantitative estimate of drug-likeness (QED) is 0.675. The molecule has 0 unspecified atom stereocenters. The highest BCUT2D eigenvalue weighted by atomic mass is 19.1. The Kier molecular flexibility index (Phi) is 5.36. The van der Waals surface area contributed by atoms with Crippen molar-refractivity contribution in [3.8, 4) is 5.69 Å². The van der Waals surface area contributed by atoms with E-state index >= 15 is 0 Å². The van der Waals surface area contributed by atoms with Gasteiger partial charge in [-0.25, -0.2) is 4.39 Å². The van der Waals surface area contributed by atoms with E-state index in [0.29, 0.717) is 12.5 Å². The fraction of sp³-hybridized carbons (Fsp3) is 0.316. The number of rotatable bonds is 6. The SMILES string of the molecule is Fc1ccc([C@H](CNc2nnnn2-c2ccccc2)[NH+]2CCOCC2)cc1. The van der Waals surface area contributed by atoms with E-state index in [-0.39, 0.29) is 11.9 Å². The molecule has 0 bridgehead atoms. The van der Waals surface area contributed by atoms with Crippen LogP contribution in [0.2, 0.25) is 0 Å². The average Bonchev–Trinajstić information content (AvgIpc) is 3.19. The number of nitrogens with zero attached hydrogens (tertiary/aromatic N) is 4. The number of halogens is 1. The standard InChI is InChI=1S/C19H21FN6O/c20-16-8-6-15(7-9-16)18(25-10-12-27-13-11-25)14-21-19-22-23-24-26(19)17-4-2-1-3-5-17/h1-9,18H,10-14H2,(H,21,22,24)/p+1/t18-/m0/s1. The van der Waals surface area contributed by atoms with Gasteiger partial charge in [-0.3, -0.25) is 0 Å². The number of aromatic nitrogens is 4. The van der Waals surface area contributed by atoms with Crippen molar-refractivity contribution in [3.05, 3.63) is 66.0 Å². The summed E-state index contributed by atoms with van der Waals surface area (Å²) < 4.78 is 20.5. The van der Waals surface area contributed by atoms with Crippen molar-refractivity contribution in [3.63, 3.8) is 0 Å². The monoisotopic (exact) mass is 369 g/mol. The van der Waals surface area contributed by atoms with Crippen LogP contribution in [0.25, 0.3) is 5.69 Å². The summed E-state index contributed by atoms with van der Waals surface area (Å²) in [6, 6.07) is 16.6. The largest absolute Gasteiger partial charge is 0.370 e. The Morgan fingerprint density at radius 3 is 2.56 bits per heavy atom. The molecule has 8 heteroatoms. The number of morpholine rings is 1. The first-order valence-corrected chi connectivity index (χ1v) is 9.07. The van der Waals surface area contributed by atoms with Crippen molar-refractivity contribution in [1.82, 2.24) is 20.2 Å². The van der Waals surface area contributed by atoms with Gasteiger partial charge in [-0.2, -0.15) is 4.68 Å². The Hall–Kier alpha value is -2.84. The lowest BCUT2D eigenvalue weighted by atomic mass is 10.0. The molecule has 1 aliphatic rings. The van der Waals surface area contributed by atoms with Gasteiger partial charge in [0, 0.05) is 5.56 Å². The maximum atomic E-state index is 13.4. The molecule has 1 aromatic heterocycles. The molecule has 7 nitrogen and oxygen atoms in total.